The van der Waals surface area contributed by atoms with Crippen molar-refractivity contribution in [3.63, 3.8) is 0 Å². The minimum Gasteiger partial charge on any atom is -0.238 e. The molecule has 17 heavy (non-hydrogen) atoms. The summed E-state index contributed by atoms with van der Waals surface area (Å²) in [7, 11) is 0. The third-order valence-corrected chi connectivity index (χ3v) is 3.80. The number of benzene rings is 2. The van der Waals surface area contributed by atoms with Crippen molar-refractivity contribution in [1.29, 1.82) is 0 Å². The Bertz CT molecular complexity index is 614. The van der Waals surface area contributed by atoms with Crippen molar-refractivity contribution in [3.8, 4) is 11.1 Å². The molecule has 0 fully saturated rings. The maximum Gasteiger partial charge on any atom is 0.187 e. The molecule has 0 aromatic heterocycles. The zero-order valence-corrected chi connectivity index (χ0v) is 11.5. The van der Waals surface area contributed by atoms with Gasteiger partial charge in [-0.15, -0.1) is 0 Å². The van der Waals surface area contributed by atoms with Gasteiger partial charge in [0, 0.05) is 4.47 Å². The molecule has 1 nitrogen and oxygen atoms in total. The van der Waals surface area contributed by atoms with Gasteiger partial charge in [-0.2, -0.15) is 0 Å². The molecule has 2 aromatic carbocycles. The number of rotatable bonds is 1. The summed E-state index contributed by atoms with van der Waals surface area (Å²) in [5, 5.41) is 0.691. The molecule has 0 saturated carbocycles. The van der Waals surface area contributed by atoms with Crippen molar-refractivity contribution in [2.45, 2.75) is 6.92 Å². The highest BCUT2D eigenvalue weighted by Gasteiger charge is 2.05. The number of hydrogen-bond donors (Lipinski definition) is 0. The Balaban J connectivity index is 2.54. The smallest absolute Gasteiger partial charge is 0.187 e. The van der Waals surface area contributed by atoms with Crippen LogP contribution in [0.3, 0.4) is 0 Å². The van der Waals surface area contributed by atoms with Gasteiger partial charge in [0.25, 0.3) is 0 Å². The van der Waals surface area contributed by atoms with Crippen LogP contribution in [0.2, 0.25) is 5.02 Å². The van der Waals surface area contributed by atoms with E-state index in [1.165, 1.54) is 0 Å². The van der Waals surface area contributed by atoms with Crippen LogP contribution in [0.5, 0.6) is 0 Å². The van der Waals surface area contributed by atoms with Crippen molar-refractivity contribution < 1.29 is 0 Å². The lowest BCUT2D eigenvalue weighted by Crippen LogP contribution is -1.83. The van der Waals surface area contributed by atoms with Gasteiger partial charge in [0.2, 0.25) is 0 Å². The first-order valence-electron chi connectivity index (χ1n) is 5.05. The van der Waals surface area contributed by atoms with Gasteiger partial charge in [-0.25, -0.2) is 4.85 Å². The SMILES string of the molecule is [C-]#[N+]c1ccc(-c2ccc(Br)c(Cl)c2)c(C)c1. The van der Waals surface area contributed by atoms with Crippen LogP contribution < -0.4 is 0 Å². The second-order valence-electron chi connectivity index (χ2n) is 3.74. The molecule has 0 aliphatic carbocycles. The van der Waals surface area contributed by atoms with Gasteiger partial charge in [-0.05, 0) is 46.1 Å². The van der Waals surface area contributed by atoms with Crippen LogP contribution in [0.4, 0.5) is 5.69 Å². The molecule has 0 spiro atoms. The normalized spacial score (nSPS) is 10.0. The summed E-state index contributed by atoms with van der Waals surface area (Å²) in [4.78, 5) is 3.41. The lowest BCUT2D eigenvalue weighted by molar-refractivity contribution is 1.46. The van der Waals surface area contributed by atoms with Crippen molar-refractivity contribution in [3.05, 3.63) is 62.9 Å². The van der Waals surface area contributed by atoms with E-state index in [1.54, 1.807) is 0 Å². The summed E-state index contributed by atoms with van der Waals surface area (Å²) in [6.07, 6.45) is 0. The molecule has 2 rings (SSSR count). The van der Waals surface area contributed by atoms with E-state index in [1.807, 2.05) is 43.3 Å². The Labute approximate surface area is 114 Å². The van der Waals surface area contributed by atoms with E-state index in [2.05, 4.69) is 20.8 Å². The summed E-state index contributed by atoms with van der Waals surface area (Å²) in [5.41, 5.74) is 3.91. The van der Waals surface area contributed by atoms with Gasteiger partial charge in [-0.1, -0.05) is 41.4 Å². The molecule has 2 aromatic rings. The van der Waals surface area contributed by atoms with Crippen LogP contribution in [0, 0.1) is 13.5 Å². The summed E-state index contributed by atoms with van der Waals surface area (Å²) in [5.74, 6) is 0. The second-order valence-corrected chi connectivity index (χ2v) is 5.00. The zero-order chi connectivity index (χ0) is 12.4. The van der Waals surface area contributed by atoms with E-state index in [0.717, 1.165) is 21.2 Å². The Morgan fingerprint density at radius 1 is 1.18 bits per heavy atom. The van der Waals surface area contributed by atoms with E-state index >= 15 is 0 Å². The van der Waals surface area contributed by atoms with E-state index in [4.69, 9.17) is 18.2 Å². The Morgan fingerprint density at radius 2 is 1.94 bits per heavy atom. The van der Waals surface area contributed by atoms with Gasteiger partial charge < -0.3 is 0 Å². The molecule has 0 N–H and O–H groups in total. The minimum atomic E-state index is 0.662. The largest absolute Gasteiger partial charge is 0.238 e. The molecular formula is C14H9BrClN. The van der Waals surface area contributed by atoms with Crippen molar-refractivity contribution >= 4 is 33.2 Å². The summed E-state index contributed by atoms with van der Waals surface area (Å²) < 4.78 is 0.887. The number of halogens is 2. The second kappa shape index (κ2) is 4.91. The fraction of sp³-hybridized carbons (Fsp3) is 0.0714. The lowest BCUT2D eigenvalue weighted by atomic mass is 10.0. The van der Waals surface area contributed by atoms with Gasteiger partial charge in [-0.3, -0.25) is 0 Å². The fourth-order valence-electron chi connectivity index (χ4n) is 1.70. The molecule has 0 aliphatic heterocycles. The van der Waals surface area contributed by atoms with E-state index < -0.39 is 0 Å². The fourth-order valence-corrected chi connectivity index (χ4v) is 2.13. The molecular weight excluding hydrogens is 298 g/mol. The standard InChI is InChI=1S/C14H9BrClN/c1-9-7-11(17-2)4-5-12(9)10-3-6-13(15)14(16)8-10/h3-8H,1H3. The maximum absolute atomic E-state index is 6.98. The van der Waals surface area contributed by atoms with Crippen LogP contribution >= 0.6 is 27.5 Å². The zero-order valence-electron chi connectivity index (χ0n) is 9.17. The van der Waals surface area contributed by atoms with E-state index in [-0.39, 0.29) is 0 Å². The molecule has 0 radical (unpaired) electrons. The third-order valence-electron chi connectivity index (χ3n) is 2.57. The summed E-state index contributed by atoms with van der Waals surface area (Å²) >= 11 is 9.45. The predicted molar refractivity (Wildman–Crippen MR) is 75.6 cm³/mol. The molecule has 0 amide bonds. The molecule has 0 heterocycles. The number of nitrogens with zero attached hydrogens (tertiary/aromatic N) is 1. The average Bonchev–Trinajstić information content (AvgIpc) is 2.32. The quantitative estimate of drug-likeness (QED) is 0.601. The maximum atomic E-state index is 6.98. The van der Waals surface area contributed by atoms with Crippen LogP contribution in [0.15, 0.2) is 40.9 Å². The Morgan fingerprint density at radius 3 is 2.53 bits per heavy atom. The van der Waals surface area contributed by atoms with Crippen LogP contribution in [-0.4, -0.2) is 0 Å². The monoisotopic (exact) mass is 305 g/mol. The van der Waals surface area contributed by atoms with Gasteiger partial charge in [0.1, 0.15) is 0 Å². The summed E-state index contributed by atoms with van der Waals surface area (Å²) in [6.45, 7) is 8.98. The first-order valence-corrected chi connectivity index (χ1v) is 6.22. The van der Waals surface area contributed by atoms with E-state index in [9.17, 15) is 0 Å². The number of hydrogen-bond acceptors (Lipinski definition) is 0. The van der Waals surface area contributed by atoms with Gasteiger partial charge in [0.05, 0.1) is 11.6 Å². The first kappa shape index (κ1) is 12.2. The molecule has 0 saturated heterocycles. The molecule has 0 bridgehead atoms. The highest BCUT2D eigenvalue weighted by atomic mass is 79.9. The van der Waals surface area contributed by atoms with Crippen molar-refractivity contribution in [2.24, 2.45) is 0 Å². The molecule has 84 valence electrons. The highest BCUT2D eigenvalue weighted by molar-refractivity contribution is 9.10. The van der Waals surface area contributed by atoms with Crippen LogP contribution in [0.1, 0.15) is 5.56 Å². The Hall–Kier alpha value is -1.30. The molecule has 0 atom stereocenters. The number of aryl methyl sites for hydroxylation is 1. The highest BCUT2D eigenvalue weighted by Crippen LogP contribution is 2.31. The average molecular weight is 307 g/mol. The molecule has 0 aliphatic rings. The van der Waals surface area contributed by atoms with Gasteiger partial charge in [0.15, 0.2) is 5.69 Å². The third kappa shape index (κ3) is 2.52. The van der Waals surface area contributed by atoms with Crippen LogP contribution in [-0.2, 0) is 0 Å². The topological polar surface area (TPSA) is 4.36 Å². The first-order chi connectivity index (χ1) is 8.11. The van der Waals surface area contributed by atoms with Crippen molar-refractivity contribution in [2.75, 3.05) is 0 Å². The molecule has 0 unspecified atom stereocenters. The predicted octanol–water partition coefficient (Wildman–Crippen LogP) is 5.63. The minimum absolute atomic E-state index is 0.662. The van der Waals surface area contributed by atoms with Crippen molar-refractivity contribution in [1.82, 2.24) is 0 Å². The van der Waals surface area contributed by atoms with Crippen LogP contribution in [0.25, 0.3) is 16.0 Å². The summed E-state index contributed by atoms with van der Waals surface area (Å²) in [6, 6.07) is 11.5. The van der Waals surface area contributed by atoms with Gasteiger partial charge >= 0.3 is 0 Å². The van der Waals surface area contributed by atoms with E-state index in [0.29, 0.717) is 10.7 Å². The lowest BCUT2D eigenvalue weighted by Gasteiger charge is -2.07. The molecule has 3 heteroatoms. The Kier molecular flexibility index (Phi) is 3.51.